The molecule has 0 saturated carbocycles. The second-order valence-corrected chi connectivity index (χ2v) is 6.76. The number of benzene rings is 2. The standard InChI is InChI=1S/C18H19BrClNO2/c1-13(2)21(11-14-6-4-3-5-7-14)18(22)12-23-17-9-8-15(20)10-16(17)19/h3-10,13H,11-12H2,1-2H3. The molecule has 0 radical (unpaired) electrons. The molecule has 0 fully saturated rings. The Morgan fingerprint density at radius 3 is 2.52 bits per heavy atom. The van der Waals surface area contributed by atoms with Gasteiger partial charge in [-0.3, -0.25) is 4.79 Å². The molecular formula is C18H19BrClNO2. The maximum absolute atomic E-state index is 12.5. The molecule has 2 aromatic rings. The van der Waals surface area contributed by atoms with E-state index in [1.807, 2.05) is 44.2 Å². The number of nitrogens with zero attached hydrogens (tertiary/aromatic N) is 1. The number of rotatable bonds is 6. The second-order valence-electron chi connectivity index (χ2n) is 5.46. The minimum absolute atomic E-state index is 0.00868. The van der Waals surface area contributed by atoms with Gasteiger partial charge in [0.25, 0.3) is 5.91 Å². The minimum atomic E-state index is -0.0503. The average molecular weight is 397 g/mol. The van der Waals surface area contributed by atoms with Crippen molar-refractivity contribution in [3.8, 4) is 5.75 Å². The van der Waals surface area contributed by atoms with Gasteiger partial charge in [-0.25, -0.2) is 0 Å². The molecule has 0 heterocycles. The molecule has 5 heteroatoms. The van der Waals surface area contributed by atoms with Crippen LogP contribution in [0.25, 0.3) is 0 Å². The van der Waals surface area contributed by atoms with Crippen molar-refractivity contribution >= 4 is 33.4 Å². The van der Waals surface area contributed by atoms with Crippen LogP contribution in [0.1, 0.15) is 19.4 Å². The summed E-state index contributed by atoms with van der Waals surface area (Å²) in [4.78, 5) is 14.3. The molecule has 0 aromatic heterocycles. The van der Waals surface area contributed by atoms with Crippen molar-refractivity contribution in [3.63, 3.8) is 0 Å². The first kappa shape index (κ1) is 17.8. The number of halogens is 2. The summed E-state index contributed by atoms with van der Waals surface area (Å²) in [5.41, 5.74) is 1.10. The monoisotopic (exact) mass is 395 g/mol. The van der Waals surface area contributed by atoms with Gasteiger partial charge in [-0.1, -0.05) is 41.9 Å². The van der Waals surface area contributed by atoms with Crippen LogP contribution in [0, 0.1) is 0 Å². The number of hydrogen-bond donors (Lipinski definition) is 0. The Morgan fingerprint density at radius 2 is 1.91 bits per heavy atom. The first-order valence-electron chi connectivity index (χ1n) is 7.38. The first-order chi connectivity index (χ1) is 11.0. The van der Waals surface area contributed by atoms with Crippen molar-refractivity contribution in [2.24, 2.45) is 0 Å². The average Bonchev–Trinajstić information content (AvgIpc) is 2.52. The maximum atomic E-state index is 12.5. The summed E-state index contributed by atoms with van der Waals surface area (Å²) in [5, 5.41) is 0.614. The molecule has 0 atom stereocenters. The fraction of sp³-hybridized carbons (Fsp3) is 0.278. The lowest BCUT2D eigenvalue weighted by atomic mass is 10.2. The number of carbonyl (C=O) groups excluding carboxylic acids is 1. The molecule has 0 saturated heterocycles. The zero-order chi connectivity index (χ0) is 16.8. The quantitative estimate of drug-likeness (QED) is 0.693. The minimum Gasteiger partial charge on any atom is -0.483 e. The van der Waals surface area contributed by atoms with Crippen molar-refractivity contribution in [2.45, 2.75) is 26.4 Å². The van der Waals surface area contributed by atoms with Gasteiger partial charge in [0.05, 0.1) is 4.47 Å². The summed E-state index contributed by atoms with van der Waals surface area (Å²) < 4.78 is 6.36. The maximum Gasteiger partial charge on any atom is 0.261 e. The van der Waals surface area contributed by atoms with Gasteiger partial charge in [-0.2, -0.15) is 0 Å². The first-order valence-corrected chi connectivity index (χ1v) is 8.55. The Balaban J connectivity index is 2.01. The topological polar surface area (TPSA) is 29.5 Å². The van der Waals surface area contributed by atoms with E-state index in [-0.39, 0.29) is 18.6 Å². The van der Waals surface area contributed by atoms with E-state index < -0.39 is 0 Å². The molecule has 0 unspecified atom stereocenters. The van der Waals surface area contributed by atoms with E-state index in [2.05, 4.69) is 15.9 Å². The van der Waals surface area contributed by atoms with Gasteiger partial charge < -0.3 is 9.64 Å². The SMILES string of the molecule is CC(C)N(Cc1ccccc1)C(=O)COc1ccc(Cl)cc1Br. The predicted molar refractivity (Wildman–Crippen MR) is 96.8 cm³/mol. The number of amides is 1. The lowest BCUT2D eigenvalue weighted by molar-refractivity contribution is -0.135. The van der Waals surface area contributed by atoms with Crippen molar-refractivity contribution in [3.05, 3.63) is 63.6 Å². The van der Waals surface area contributed by atoms with Crippen molar-refractivity contribution in [1.29, 1.82) is 0 Å². The summed E-state index contributed by atoms with van der Waals surface area (Å²) in [5.74, 6) is 0.553. The van der Waals surface area contributed by atoms with Gasteiger partial charge in [-0.05, 0) is 53.5 Å². The van der Waals surface area contributed by atoms with Crippen LogP contribution in [-0.2, 0) is 11.3 Å². The van der Waals surface area contributed by atoms with Crippen LogP contribution in [-0.4, -0.2) is 23.5 Å². The second kappa shape index (κ2) is 8.37. The Hall–Kier alpha value is -1.52. The number of ether oxygens (including phenoxy) is 1. The van der Waals surface area contributed by atoms with Gasteiger partial charge >= 0.3 is 0 Å². The van der Waals surface area contributed by atoms with Gasteiger partial charge in [0.1, 0.15) is 5.75 Å². The van der Waals surface area contributed by atoms with Crippen LogP contribution < -0.4 is 4.74 Å². The van der Waals surface area contributed by atoms with E-state index in [0.717, 1.165) is 10.0 Å². The molecule has 1 amide bonds. The van der Waals surface area contributed by atoms with E-state index in [4.69, 9.17) is 16.3 Å². The lowest BCUT2D eigenvalue weighted by Crippen LogP contribution is -2.39. The molecule has 0 bridgehead atoms. The Morgan fingerprint density at radius 1 is 1.22 bits per heavy atom. The summed E-state index contributed by atoms with van der Waals surface area (Å²) in [6.45, 7) is 4.56. The van der Waals surface area contributed by atoms with Crippen molar-refractivity contribution < 1.29 is 9.53 Å². The van der Waals surface area contributed by atoms with E-state index in [1.54, 1.807) is 23.1 Å². The van der Waals surface area contributed by atoms with Gasteiger partial charge in [0, 0.05) is 17.6 Å². The number of hydrogen-bond acceptors (Lipinski definition) is 2. The normalized spacial score (nSPS) is 10.7. The molecule has 2 aromatic carbocycles. The predicted octanol–water partition coefficient (Wildman–Crippen LogP) is 4.92. The molecule has 122 valence electrons. The Labute approximate surface area is 150 Å². The molecule has 23 heavy (non-hydrogen) atoms. The van der Waals surface area contributed by atoms with E-state index in [0.29, 0.717) is 17.3 Å². The highest BCUT2D eigenvalue weighted by atomic mass is 79.9. The van der Waals surface area contributed by atoms with E-state index in [9.17, 15) is 4.79 Å². The molecular weight excluding hydrogens is 378 g/mol. The van der Waals surface area contributed by atoms with Gasteiger partial charge in [-0.15, -0.1) is 0 Å². The van der Waals surface area contributed by atoms with Crippen LogP contribution in [0.4, 0.5) is 0 Å². The fourth-order valence-corrected chi connectivity index (χ4v) is 2.95. The van der Waals surface area contributed by atoms with Gasteiger partial charge in [0.15, 0.2) is 6.61 Å². The summed E-state index contributed by atoms with van der Waals surface area (Å²) >= 11 is 9.28. The highest BCUT2D eigenvalue weighted by molar-refractivity contribution is 9.10. The smallest absolute Gasteiger partial charge is 0.261 e. The third-order valence-corrected chi connectivity index (χ3v) is 4.24. The summed E-state index contributed by atoms with van der Waals surface area (Å²) in [6, 6.07) is 15.3. The molecule has 0 N–H and O–H groups in total. The highest BCUT2D eigenvalue weighted by Crippen LogP contribution is 2.28. The summed E-state index contributed by atoms with van der Waals surface area (Å²) in [7, 11) is 0. The number of carbonyl (C=O) groups is 1. The third-order valence-electron chi connectivity index (χ3n) is 3.38. The van der Waals surface area contributed by atoms with Gasteiger partial charge in [0.2, 0.25) is 0 Å². The molecule has 2 rings (SSSR count). The van der Waals surface area contributed by atoms with Crippen LogP contribution in [0.2, 0.25) is 5.02 Å². The largest absolute Gasteiger partial charge is 0.483 e. The molecule has 0 aliphatic heterocycles. The summed E-state index contributed by atoms with van der Waals surface area (Å²) in [6.07, 6.45) is 0. The molecule has 0 spiro atoms. The highest BCUT2D eigenvalue weighted by Gasteiger charge is 2.18. The van der Waals surface area contributed by atoms with Crippen LogP contribution in [0.5, 0.6) is 5.75 Å². The van der Waals surface area contributed by atoms with Crippen LogP contribution in [0.3, 0.4) is 0 Å². The zero-order valence-corrected chi connectivity index (χ0v) is 15.5. The Kier molecular flexibility index (Phi) is 6.48. The van der Waals surface area contributed by atoms with E-state index >= 15 is 0 Å². The van der Waals surface area contributed by atoms with Crippen molar-refractivity contribution in [2.75, 3.05) is 6.61 Å². The zero-order valence-electron chi connectivity index (χ0n) is 13.1. The fourth-order valence-electron chi connectivity index (χ4n) is 2.15. The van der Waals surface area contributed by atoms with Crippen LogP contribution in [0.15, 0.2) is 53.0 Å². The molecule has 0 aliphatic rings. The third kappa shape index (κ3) is 5.26. The van der Waals surface area contributed by atoms with Crippen molar-refractivity contribution in [1.82, 2.24) is 4.90 Å². The molecule has 0 aliphatic carbocycles. The lowest BCUT2D eigenvalue weighted by Gasteiger charge is -2.27. The Bertz CT molecular complexity index is 661. The van der Waals surface area contributed by atoms with Crippen LogP contribution >= 0.6 is 27.5 Å². The molecule has 3 nitrogen and oxygen atoms in total. The van der Waals surface area contributed by atoms with E-state index in [1.165, 1.54) is 0 Å².